The van der Waals surface area contributed by atoms with Gasteiger partial charge in [-0.15, -0.1) is 0 Å². The quantitative estimate of drug-likeness (QED) is 0.773. The smallest absolute Gasteiger partial charge is 0.0478 e. The number of nitrogens with one attached hydrogen (secondary N) is 1. The van der Waals surface area contributed by atoms with Crippen LogP contribution in [-0.4, -0.2) is 74.1 Å². The Morgan fingerprint density at radius 1 is 1.04 bits per heavy atom. The van der Waals surface area contributed by atoms with E-state index in [4.69, 9.17) is 0 Å². The number of rotatable bonds is 7. The number of hydrogen-bond acceptors (Lipinski definition) is 4. The minimum absolute atomic E-state index is 0.522. The highest BCUT2D eigenvalue weighted by atomic mass is 15.3. The van der Waals surface area contributed by atoms with Crippen LogP contribution in [0.15, 0.2) is 18.2 Å². The lowest BCUT2D eigenvalue weighted by atomic mass is 9.91. The predicted molar refractivity (Wildman–Crippen MR) is 120 cm³/mol. The normalized spacial score (nSPS) is 23.0. The van der Waals surface area contributed by atoms with E-state index in [0.717, 1.165) is 45.2 Å². The Labute approximate surface area is 173 Å². The van der Waals surface area contributed by atoms with Crippen molar-refractivity contribution in [1.82, 2.24) is 20.0 Å². The Morgan fingerprint density at radius 3 is 2.46 bits per heavy atom. The molecule has 158 valence electrons. The van der Waals surface area contributed by atoms with Crippen LogP contribution in [0.25, 0.3) is 0 Å². The maximum Gasteiger partial charge on any atom is 0.0478 e. The molecule has 2 aliphatic heterocycles. The van der Waals surface area contributed by atoms with Gasteiger partial charge in [0.15, 0.2) is 0 Å². The van der Waals surface area contributed by atoms with Crippen molar-refractivity contribution in [2.45, 2.75) is 52.6 Å². The summed E-state index contributed by atoms with van der Waals surface area (Å²) in [6.07, 6.45) is 1.29. The molecule has 0 aliphatic carbocycles. The van der Waals surface area contributed by atoms with E-state index < -0.39 is 0 Å². The van der Waals surface area contributed by atoms with Gasteiger partial charge in [0.25, 0.3) is 0 Å². The molecule has 28 heavy (non-hydrogen) atoms. The summed E-state index contributed by atoms with van der Waals surface area (Å²) < 4.78 is 0. The Bertz CT molecular complexity index is 607. The minimum Gasteiger partial charge on any atom is -0.314 e. The van der Waals surface area contributed by atoms with E-state index in [9.17, 15) is 0 Å². The highest BCUT2D eigenvalue weighted by Gasteiger charge is 2.29. The topological polar surface area (TPSA) is 21.8 Å². The number of hydrogen-bond donors (Lipinski definition) is 1. The van der Waals surface area contributed by atoms with Gasteiger partial charge in [0, 0.05) is 58.4 Å². The van der Waals surface area contributed by atoms with Gasteiger partial charge < -0.3 is 10.2 Å². The molecule has 1 aromatic rings. The molecule has 1 N–H and O–H groups in total. The number of likely N-dealkylation sites (N-methyl/N-ethyl adjacent to an activating group) is 1. The monoisotopic (exact) mass is 386 g/mol. The second-order valence-electron chi connectivity index (χ2n) is 9.64. The zero-order chi connectivity index (χ0) is 20.1. The summed E-state index contributed by atoms with van der Waals surface area (Å²) in [5, 5.41) is 3.49. The SMILES string of the molecule is CC(C)CCN1CCN(C)CC1c1cc(C(C)C)ccc1CN1CCNCC1. The van der Waals surface area contributed by atoms with E-state index in [0.29, 0.717) is 12.0 Å². The van der Waals surface area contributed by atoms with Crippen LogP contribution in [0.5, 0.6) is 0 Å². The number of piperazine rings is 2. The van der Waals surface area contributed by atoms with Gasteiger partial charge in [-0.25, -0.2) is 0 Å². The second-order valence-corrected chi connectivity index (χ2v) is 9.64. The van der Waals surface area contributed by atoms with Crippen molar-refractivity contribution >= 4 is 0 Å². The van der Waals surface area contributed by atoms with Crippen LogP contribution in [0, 0.1) is 5.92 Å². The molecule has 3 rings (SSSR count). The molecule has 2 saturated heterocycles. The van der Waals surface area contributed by atoms with Gasteiger partial charge in [-0.05, 0) is 48.5 Å². The fourth-order valence-electron chi connectivity index (χ4n) is 4.48. The third kappa shape index (κ3) is 5.79. The van der Waals surface area contributed by atoms with Crippen molar-refractivity contribution in [1.29, 1.82) is 0 Å². The van der Waals surface area contributed by atoms with Crippen molar-refractivity contribution in [2.24, 2.45) is 5.92 Å². The first-order chi connectivity index (χ1) is 13.4. The molecule has 2 aliphatic rings. The lowest BCUT2D eigenvalue weighted by Crippen LogP contribution is -2.48. The number of nitrogens with zero attached hydrogens (tertiary/aromatic N) is 3. The molecule has 0 spiro atoms. The predicted octanol–water partition coefficient (Wildman–Crippen LogP) is 3.55. The van der Waals surface area contributed by atoms with E-state index in [1.165, 1.54) is 31.6 Å². The molecule has 0 amide bonds. The zero-order valence-electron chi connectivity index (χ0n) is 18.9. The Hall–Kier alpha value is -0.940. The van der Waals surface area contributed by atoms with Crippen LogP contribution in [0.4, 0.5) is 0 Å². The van der Waals surface area contributed by atoms with Crippen LogP contribution in [0.3, 0.4) is 0 Å². The summed E-state index contributed by atoms with van der Waals surface area (Å²) in [5.41, 5.74) is 4.61. The van der Waals surface area contributed by atoms with Crippen LogP contribution in [-0.2, 0) is 6.54 Å². The zero-order valence-corrected chi connectivity index (χ0v) is 18.9. The molecule has 1 unspecified atom stereocenters. The lowest BCUT2D eigenvalue weighted by molar-refractivity contribution is 0.0844. The average Bonchev–Trinajstić information content (AvgIpc) is 2.68. The summed E-state index contributed by atoms with van der Waals surface area (Å²) in [7, 11) is 2.29. The van der Waals surface area contributed by atoms with Crippen LogP contribution in [0.2, 0.25) is 0 Å². The third-order valence-corrected chi connectivity index (χ3v) is 6.49. The molecule has 4 heteroatoms. The summed E-state index contributed by atoms with van der Waals surface area (Å²) >= 11 is 0. The van der Waals surface area contributed by atoms with E-state index in [-0.39, 0.29) is 0 Å². The first-order valence-corrected chi connectivity index (χ1v) is 11.4. The third-order valence-electron chi connectivity index (χ3n) is 6.49. The summed E-state index contributed by atoms with van der Waals surface area (Å²) in [6, 6.07) is 7.86. The summed E-state index contributed by atoms with van der Waals surface area (Å²) in [6.45, 7) is 19.7. The van der Waals surface area contributed by atoms with E-state index in [1.54, 1.807) is 11.1 Å². The Balaban J connectivity index is 1.88. The Morgan fingerprint density at radius 2 is 1.79 bits per heavy atom. The van der Waals surface area contributed by atoms with E-state index in [2.05, 4.69) is 73.0 Å². The molecule has 2 fully saturated rings. The van der Waals surface area contributed by atoms with Gasteiger partial charge in [0.05, 0.1) is 0 Å². The van der Waals surface area contributed by atoms with Crippen LogP contribution < -0.4 is 5.32 Å². The molecule has 2 heterocycles. The van der Waals surface area contributed by atoms with Gasteiger partial charge >= 0.3 is 0 Å². The average molecular weight is 387 g/mol. The first-order valence-electron chi connectivity index (χ1n) is 11.4. The maximum atomic E-state index is 3.49. The van der Waals surface area contributed by atoms with Crippen molar-refractivity contribution in [3.63, 3.8) is 0 Å². The fourth-order valence-corrected chi connectivity index (χ4v) is 4.48. The Kier molecular flexibility index (Phi) is 7.93. The van der Waals surface area contributed by atoms with Gasteiger partial charge in [-0.2, -0.15) is 0 Å². The maximum absolute atomic E-state index is 3.49. The molecule has 1 aromatic carbocycles. The van der Waals surface area contributed by atoms with Gasteiger partial charge in [-0.3, -0.25) is 9.80 Å². The second kappa shape index (κ2) is 10.2. The molecule has 0 bridgehead atoms. The highest BCUT2D eigenvalue weighted by Crippen LogP contribution is 2.31. The van der Waals surface area contributed by atoms with Gasteiger partial charge in [-0.1, -0.05) is 45.9 Å². The molecule has 0 aromatic heterocycles. The fraction of sp³-hybridized carbons (Fsp3) is 0.750. The molecule has 4 nitrogen and oxygen atoms in total. The summed E-state index contributed by atoms with van der Waals surface area (Å²) in [5.74, 6) is 1.35. The van der Waals surface area contributed by atoms with Gasteiger partial charge in [0.1, 0.15) is 0 Å². The molecule has 1 atom stereocenters. The standard InChI is InChI=1S/C24H42N4/c1-19(2)8-11-28-15-14-26(5)18-24(28)23-16-21(20(3)4)6-7-22(23)17-27-12-9-25-10-13-27/h6-7,16,19-20,24-25H,8-15,17-18H2,1-5H3. The van der Waals surface area contributed by atoms with Crippen molar-refractivity contribution in [2.75, 3.05) is 59.4 Å². The van der Waals surface area contributed by atoms with Crippen molar-refractivity contribution in [3.05, 3.63) is 34.9 Å². The minimum atomic E-state index is 0.522. The number of benzene rings is 1. The highest BCUT2D eigenvalue weighted by molar-refractivity contribution is 5.36. The molecule has 0 radical (unpaired) electrons. The van der Waals surface area contributed by atoms with E-state index >= 15 is 0 Å². The van der Waals surface area contributed by atoms with Crippen LogP contribution >= 0.6 is 0 Å². The van der Waals surface area contributed by atoms with Crippen LogP contribution in [0.1, 0.15) is 62.8 Å². The molecule has 0 saturated carbocycles. The largest absolute Gasteiger partial charge is 0.314 e. The van der Waals surface area contributed by atoms with E-state index in [1.807, 2.05) is 0 Å². The summed E-state index contributed by atoms with van der Waals surface area (Å²) in [4.78, 5) is 7.91. The van der Waals surface area contributed by atoms with Gasteiger partial charge in [0.2, 0.25) is 0 Å². The molecular weight excluding hydrogens is 344 g/mol. The molecular formula is C24H42N4. The van der Waals surface area contributed by atoms with Crippen molar-refractivity contribution < 1.29 is 0 Å². The lowest BCUT2D eigenvalue weighted by Gasteiger charge is -2.42. The van der Waals surface area contributed by atoms with Crippen molar-refractivity contribution in [3.8, 4) is 0 Å². The first kappa shape index (κ1) is 21.8.